The van der Waals surface area contributed by atoms with Crippen LogP contribution in [0, 0.1) is 0 Å². The highest BCUT2D eigenvalue weighted by Crippen LogP contribution is 2.26. The Kier molecular flexibility index (Phi) is 2.99. The van der Waals surface area contributed by atoms with Gasteiger partial charge in [0.05, 0.1) is 19.0 Å². The van der Waals surface area contributed by atoms with Crippen LogP contribution in [0.3, 0.4) is 0 Å². The van der Waals surface area contributed by atoms with E-state index >= 15 is 0 Å². The van der Waals surface area contributed by atoms with Crippen molar-refractivity contribution in [2.24, 2.45) is 0 Å². The predicted octanol–water partition coefficient (Wildman–Crippen LogP) is 2.24. The molecule has 1 aliphatic rings. The van der Waals surface area contributed by atoms with Gasteiger partial charge in [0.2, 0.25) is 5.88 Å². The molecule has 1 aliphatic heterocycles. The number of fused-ring (bicyclic) bond motifs is 1. The molecule has 98 valence electrons. The van der Waals surface area contributed by atoms with E-state index < -0.39 is 0 Å². The van der Waals surface area contributed by atoms with Gasteiger partial charge < -0.3 is 15.4 Å². The number of hydrogen-bond acceptors (Lipinski definition) is 4. The maximum Gasteiger partial charge on any atom is 0.213 e. The van der Waals surface area contributed by atoms with Crippen LogP contribution >= 0.6 is 0 Å². The Morgan fingerprint density at radius 3 is 2.84 bits per heavy atom. The first kappa shape index (κ1) is 11.8. The van der Waals surface area contributed by atoms with Gasteiger partial charge in [0.15, 0.2) is 0 Å². The first-order chi connectivity index (χ1) is 9.26. The van der Waals surface area contributed by atoms with Crippen LogP contribution in [-0.4, -0.2) is 18.6 Å². The van der Waals surface area contributed by atoms with Crippen LogP contribution in [0.2, 0.25) is 0 Å². The quantitative estimate of drug-likeness (QED) is 0.836. The summed E-state index contributed by atoms with van der Waals surface area (Å²) >= 11 is 0. The Bertz CT molecular complexity index is 580. The summed E-state index contributed by atoms with van der Waals surface area (Å²) in [6, 6.07) is 10.1. The van der Waals surface area contributed by atoms with Crippen molar-refractivity contribution in [1.29, 1.82) is 0 Å². The molecule has 0 saturated heterocycles. The van der Waals surface area contributed by atoms with Crippen molar-refractivity contribution in [3.8, 4) is 5.88 Å². The highest BCUT2D eigenvalue weighted by Gasteiger charge is 2.16. The average molecular weight is 255 g/mol. The van der Waals surface area contributed by atoms with E-state index in [0.29, 0.717) is 5.88 Å². The third-order valence-corrected chi connectivity index (χ3v) is 3.54. The van der Waals surface area contributed by atoms with Crippen molar-refractivity contribution in [3.63, 3.8) is 0 Å². The van der Waals surface area contributed by atoms with Gasteiger partial charge >= 0.3 is 0 Å². The van der Waals surface area contributed by atoms with E-state index in [1.807, 2.05) is 24.4 Å². The zero-order chi connectivity index (χ0) is 13.2. The number of methoxy groups -OCH3 is 1. The van der Waals surface area contributed by atoms with Gasteiger partial charge in [-0.2, -0.15) is 0 Å². The molecule has 2 heterocycles. The van der Waals surface area contributed by atoms with Gasteiger partial charge in [0.1, 0.15) is 0 Å². The normalized spacial score (nSPS) is 14.1. The van der Waals surface area contributed by atoms with Crippen molar-refractivity contribution in [3.05, 3.63) is 47.7 Å². The molecule has 0 unspecified atom stereocenters. The highest BCUT2D eigenvalue weighted by atomic mass is 16.5. The van der Waals surface area contributed by atoms with E-state index in [0.717, 1.165) is 30.9 Å². The summed E-state index contributed by atoms with van der Waals surface area (Å²) in [6.07, 6.45) is 2.90. The van der Waals surface area contributed by atoms with Crippen molar-refractivity contribution in [2.45, 2.75) is 13.0 Å². The fraction of sp³-hybridized carbons (Fsp3) is 0.267. The van der Waals surface area contributed by atoms with Gasteiger partial charge in [-0.1, -0.05) is 6.07 Å². The number of ether oxygens (including phenoxy) is 1. The minimum atomic E-state index is 0.644. The molecule has 2 aromatic rings. The van der Waals surface area contributed by atoms with Crippen LogP contribution < -0.4 is 15.4 Å². The third kappa shape index (κ3) is 2.34. The van der Waals surface area contributed by atoms with Gasteiger partial charge in [-0.05, 0) is 35.7 Å². The minimum Gasteiger partial charge on any atom is -0.481 e. The zero-order valence-electron chi connectivity index (χ0n) is 11.0. The zero-order valence-corrected chi connectivity index (χ0v) is 11.0. The first-order valence-electron chi connectivity index (χ1n) is 6.38. The lowest BCUT2D eigenvalue weighted by Crippen LogP contribution is -2.30. The van der Waals surface area contributed by atoms with E-state index in [4.69, 9.17) is 10.5 Å². The van der Waals surface area contributed by atoms with Gasteiger partial charge in [-0.25, -0.2) is 4.98 Å². The summed E-state index contributed by atoms with van der Waals surface area (Å²) in [7, 11) is 1.63. The van der Waals surface area contributed by atoms with Crippen molar-refractivity contribution in [1.82, 2.24) is 4.98 Å². The van der Waals surface area contributed by atoms with Crippen LogP contribution in [0.25, 0.3) is 0 Å². The molecule has 0 fully saturated rings. The molecule has 3 rings (SSSR count). The van der Waals surface area contributed by atoms with Crippen LogP contribution in [0.15, 0.2) is 36.5 Å². The molecule has 2 N–H and O–H groups in total. The van der Waals surface area contributed by atoms with Gasteiger partial charge in [-0.15, -0.1) is 0 Å². The standard InChI is InChI=1S/C15H17N3O/c1-19-15-5-4-14(9-17-15)18-7-6-11-2-3-13(16)8-12(11)10-18/h2-5,8-9H,6-7,10,16H2,1H3. The largest absolute Gasteiger partial charge is 0.481 e. The maximum absolute atomic E-state index is 5.86. The predicted molar refractivity (Wildman–Crippen MR) is 76.4 cm³/mol. The molecular formula is C15H17N3O. The lowest BCUT2D eigenvalue weighted by molar-refractivity contribution is 0.398. The second kappa shape index (κ2) is 4.80. The molecule has 0 saturated carbocycles. The minimum absolute atomic E-state index is 0.644. The summed E-state index contributed by atoms with van der Waals surface area (Å²) < 4.78 is 5.08. The Morgan fingerprint density at radius 1 is 1.21 bits per heavy atom. The fourth-order valence-electron chi connectivity index (χ4n) is 2.48. The molecule has 0 aliphatic carbocycles. The van der Waals surface area contributed by atoms with Crippen molar-refractivity contribution >= 4 is 11.4 Å². The number of benzene rings is 1. The molecule has 0 radical (unpaired) electrons. The van der Waals surface area contributed by atoms with Gasteiger partial charge in [0.25, 0.3) is 0 Å². The molecular weight excluding hydrogens is 238 g/mol. The Hall–Kier alpha value is -2.23. The number of pyridine rings is 1. The molecule has 1 aromatic carbocycles. The number of hydrogen-bond donors (Lipinski definition) is 1. The Labute approximate surface area is 112 Å². The topological polar surface area (TPSA) is 51.4 Å². The van der Waals surface area contributed by atoms with E-state index in [2.05, 4.69) is 22.0 Å². The number of anilines is 2. The molecule has 19 heavy (non-hydrogen) atoms. The average Bonchev–Trinajstić information content (AvgIpc) is 2.46. The third-order valence-electron chi connectivity index (χ3n) is 3.54. The summed E-state index contributed by atoms with van der Waals surface area (Å²) in [6.45, 7) is 1.89. The van der Waals surface area contributed by atoms with E-state index in [1.54, 1.807) is 7.11 Å². The van der Waals surface area contributed by atoms with Crippen LogP contribution in [0.1, 0.15) is 11.1 Å². The second-order valence-corrected chi connectivity index (χ2v) is 4.76. The van der Waals surface area contributed by atoms with Crippen LogP contribution in [0.5, 0.6) is 5.88 Å². The lowest BCUT2D eigenvalue weighted by atomic mass is 9.99. The molecule has 0 atom stereocenters. The monoisotopic (exact) mass is 255 g/mol. The van der Waals surface area contributed by atoms with Crippen molar-refractivity contribution in [2.75, 3.05) is 24.3 Å². The Balaban J connectivity index is 1.84. The fourth-order valence-corrected chi connectivity index (χ4v) is 2.48. The molecule has 4 heteroatoms. The summed E-state index contributed by atoms with van der Waals surface area (Å²) in [4.78, 5) is 6.57. The first-order valence-corrected chi connectivity index (χ1v) is 6.38. The molecule has 1 aromatic heterocycles. The summed E-state index contributed by atoms with van der Waals surface area (Å²) in [5.74, 6) is 0.644. The lowest BCUT2D eigenvalue weighted by Gasteiger charge is -2.30. The second-order valence-electron chi connectivity index (χ2n) is 4.76. The number of nitrogens with two attached hydrogens (primary N) is 1. The van der Waals surface area contributed by atoms with Crippen LogP contribution in [0.4, 0.5) is 11.4 Å². The molecule has 4 nitrogen and oxygen atoms in total. The SMILES string of the molecule is COc1ccc(N2CCc3ccc(N)cc3C2)cn1. The number of aromatic nitrogens is 1. The molecule has 0 bridgehead atoms. The van der Waals surface area contributed by atoms with Gasteiger partial charge in [0, 0.05) is 24.8 Å². The van der Waals surface area contributed by atoms with E-state index in [-0.39, 0.29) is 0 Å². The smallest absolute Gasteiger partial charge is 0.213 e. The van der Waals surface area contributed by atoms with Crippen LogP contribution in [-0.2, 0) is 13.0 Å². The van der Waals surface area contributed by atoms with Crippen molar-refractivity contribution < 1.29 is 4.74 Å². The summed E-state index contributed by atoms with van der Waals surface area (Å²) in [5.41, 5.74) is 10.5. The number of rotatable bonds is 2. The number of nitrogen functional groups attached to an aromatic ring is 1. The number of nitrogens with zero attached hydrogens (tertiary/aromatic N) is 2. The van der Waals surface area contributed by atoms with E-state index in [1.165, 1.54) is 11.1 Å². The highest BCUT2D eigenvalue weighted by molar-refractivity contribution is 5.52. The molecule has 0 spiro atoms. The maximum atomic E-state index is 5.86. The van der Waals surface area contributed by atoms with E-state index in [9.17, 15) is 0 Å². The molecule has 0 amide bonds. The summed E-state index contributed by atoms with van der Waals surface area (Å²) in [5, 5.41) is 0. The van der Waals surface area contributed by atoms with Gasteiger partial charge in [-0.3, -0.25) is 0 Å². The Morgan fingerprint density at radius 2 is 2.11 bits per heavy atom.